The molecule has 3 aromatic rings. The van der Waals surface area contributed by atoms with E-state index in [0.717, 1.165) is 16.7 Å². The Kier molecular flexibility index (Phi) is 4.02. The molecule has 0 amide bonds. The van der Waals surface area contributed by atoms with Gasteiger partial charge in [0.15, 0.2) is 0 Å². The van der Waals surface area contributed by atoms with Crippen LogP contribution < -0.4 is 11.7 Å². The average Bonchev–Trinajstić information content (AvgIpc) is 2.58. The third-order valence-electron chi connectivity index (χ3n) is 3.96. The van der Waals surface area contributed by atoms with E-state index in [1.807, 2.05) is 91.0 Å². The molecule has 0 aliphatic carbocycles. The molecule has 0 fully saturated rings. The topological polar surface area (TPSA) is 55.3 Å². The van der Waals surface area contributed by atoms with Crippen LogP contribution >= 0.6 is 0 Å². The number of nitrogens with two attached hydrogens (primary N) is 2. The van der Waals surface area contributed by atoms with E-state index in [2.05, 4.69) is 0 Å². The summed E-state index contributed by atoms with van der Waals surface area (Å²) in [5, 5.41) is 1.30. The van der Waals surface area contributed by atoms with Gasteiger partial charge in [-0.15, -0.1) is 0 Å². The van der Waals surface area contributed by atoms with Crippen molar-refractivity contribution < 1.29 is 0 Å². The zero-order chi connectivity index (χ0) is 15.4. The SMILES string of the molecule is NN(N)C(c1ccccc1)(c1ccccc1)c1ccccc1. The molecule has 0 saturated carbocycles. The molecule has 3 rings (SSSR count). The van der Waals surface area contributed by atoms with Crippen LogP contribution in [0.25, 0.3) is 0 Å². The predicted octanol–water partition coefficient (Wildman–Crippen LogP) is 3.03. The Labute approximate surface area is 130 Å². The third kappa shape index (κ3) is 2.31. The van der Waals surface area contributed by atoms with E-state index < -0.39 is 5.54 Å². The van der Waals surface area contributed by atoms with Gasteiger partial charge in [0.2, 0.25) is 0 Å². The van der Waals surface area contributed by atoms with Crippen LogP contribution in [-0.4, -0.2) is 5.12 Å². The van der Waals surface area contributed by atoms with Crippen molar-refractivity contribution in [2.24, 2.45) is 11.7 Å². The normalized spacial score (nSPS) is 11.6. The summed E-state index contributed by atoms with van der Waals surface area (Å²) in [6.45, 7) is 0. The minimum Gasteiger partial charge on any atom is -0.254 e. The minimum absolute atomic E-state index is 0.732. The van der Waals surface area contributed by atoms with Crippen LogP contribution in [-0.2, 0) is 5.54 Å². The van der Waals surface area contributed by atoms with Gasteiger partial charge in [0.1, 0.15) is 5.54 Å². The second-order valence-corrected chi connectivity index (χ2v) is 5.22. The van der Waals surface area contributed by atoms with Gasteiger partial charge in [-0.1, -0.05) is 91.0 Å². The summed E-state index contributed by atoms with van der Waals surface area (Å²) < 4.78 is 0. The van der Waals surface area contributed by atoms with E-state index in [1.54, 1.807) is 0 Å². The lowest BCUT2D eigenvalue weighted by Gasteiger charge is -2.40. The fourth-order valence-corrected chi connectivity index (χ4v) is 2.99. The van der Waals surface area contributed by atoms with Gasteiger partial charge in [0.05, 0.1) is 0 Å². The van der Waals surface area contributed by atoms with Crippen LogP contribution in [0.3, 0.4) is 0 Å². The highest BCUT2D eigenvalue weighted by Crippen LogP contribution is 2.39. The molecule has 0 atom stereocenters. The van der Waals surface area contributed by atoms with Crippen molar-refractivity contribution in [3.05, 3.63) is 108 Å². The van der Waals surface area contributed by atoms with Gasteiger partial charge in [0, 0.05) is 0 Å². The zero-order valence-corrected chi connectivity index (χ0v) is 12.3. The van der Waals surface area contributed by atoms with Crippen molar-refractivity contribution in [3.8, 4) is 0 Å². The van der Waals surface area contributed by atoms with Crippen molar-refractivity contribution in [2.45, 2.75) is 5.54 Å². The molecule has 110 valence electrons. The Balaban J connectivity index is 2.34. The monoisotopic (exact) mass is 289 g/mol. The van der Waals surface area contributed by atoms with Crippen LogP contribution in [0.1, 0.15) is 16.7 Å². The molecule has 0 heterocycles. The fourth-order valence-electron chi connectivity index (χ4n) is 2.99. The average molecular weight is 289 g/mol. The zero-order valence-electron chi connectivity index (χ0n) is 12.3. The van der Waals surface area contributed by atoms with E-state index in [-0.39, 0.29) is 0 Å². The van der Waals surface area contributed by atoms with Gasteiger partial charge < -0.3 is 0 Å². The first-order valence-electron chi connectivity index (χ1n) is 7.22. The molecule has 0 unspecified atom stereocenters. The smallest absolute Gasteiger partial charge is 0.125 e. The van der Waals surface area contributed by atoms with Gasteiger partial charge in [0.25, 0.3) is 0 Å². The van der Waals surface area contributed by atoms with E-state index in [0.29, 0.717) is 0 Å². The molecular weight excluding hydrogens is 270 g/mol. The van der Waals surface area contributed by atoms with Gasteiger partial charge >= 0.3 is 0 Å². The minimum atomic E-state index is -0.732. The van der Waals surface area contributed by atoms with Crippen LogP contribution in [0.4, 0.5) is 0 Å². The lowest BCUT2D eigenvalue weighted by Crippen LogP contribution is -2.56. The molecule has 0 aromatic heterocycles. The van der Waals surface area contributed by atoms with Gasteiger partial charge in [-0.05, 0) is 16.7 Å². The Morgan fingerprint density at radius 2 is 0.773 bits per heavy atom. The summed E-state index contributed by atoms with van der Waals surface area (Å²) in [6, 6.07) is 30.2. The molecular formula is C19H19N3. The van der Waals surface area contributed by atoms with Crippen molar-refractivity contribution in [2.75, 3.05) is 0 Å². The lowest BCUT2D eigenvalue weighted by molar-refractivity contribution is 0.163. The predicted molar refractivity (Wildman–Crippen MR) is 89.4 cm³/mol. The Morgan fingerprint density at radius 1 is 0.500 bits per heavy atom. The molecule has 3 heteroatoms. The third-order valence-corrected chi connectivity index (χ3v) is 3.96. The van der Waals surface area contributed by atoms with Crippen molar-refractivity contribution >= 4 is 0 Å². The quantitative estimate of drug-likeness (QED) is 0.441. The lowest BCUT2D eigenvalue weighted by atomic mass is 9.77. The Morgan fingerprint density at radius 3 is 1.00 bits per heavy atom. The first-order chi connectivity index (χ1) is 10.8. The van der Waals surface area contributed by atoms with Gasteiger partial charge in [-0.25, -0.2) is 0 Å². The van der Waals surface area contributed by atoms with E-state index in [4.69, 9.17) is 11.7 Å². The van der Waals surface area contributed by atoms with E-state index in [9.17, 15) is 0 Å². The van der Waals surface area contributed by atoms with Crippen LogP contribution in [0.5, 0.6) is 0 Å². The largest absolute Gasteiger partial charge is 0.254 e. The second-order valence-electron chi connectivity index (χ2n) is 5.22. The number of hydrogen-bond donors (Lipinski definition) is 2. The molecule has 4 N–H and O–H groups in total. The molecule has 3 nitrogen and oxygen atoms in total. The number of hydrogen-bond acceptors (Lipinski definition) is 3. The standard InChI is InChI=1S/C19H19N3/c20-22(21)19(16-10-4-1-5-11-16,17-12-6-2-7-13-17)18-14-8-3-9-15-18/h1-15H,20-21H2. The molecule has 0 aliphatic heterocycles. The van der Waals surface area contributed by atoms with Crippen LogP contribution in [0.2, 0.25) is 0 Å². The summed E-state index contributed by atoms with van der Waals surface area (Å²) in [6.07, 6.45) is 0. The fraction of sp³-hybridized carbons (Fsp3) is 0.0526. The van der Waals surface area contributed by atoms with Crippen molar-refractivity contribution in [3.63, 3.8) is 0 Å². The van der Waals surface area contributed by atoms with Gasteiger partial charge in [-0.2, -0.15) is 5.12 Å². The first-order valence-corrected chi connectivity index (χ1v) is 7.22. The highest BCUT2D eigenvalue weighted by Gasteiger charge is 2.39. The summed E-state index contributed by atoms with van der Waals surface area (Å²) in [4.78, 5) is 0. The van der Waals surface area contributed by atoms with E-state index >= 15 is 0 Å². The number of nitrogens with zero attached hydrogens (tertiary/aromatic N) is 1. The molecule has 0 bridgehead atoms. The second kappa shape index (κ2) is 6.12. The number of hydrazine groups is 2. The first kappa shape index (κ1) is 14.5. The molecule has 22 heavy (non-hydrogen) atoms. The molecule has 0 radical (unpaired) electrons. The maximum absolute atomic E-state index is 6.18. The van der Waals surface area contributed by atoms with Crippen LogP contribution in [0, 0.1) is 0 Å². The maximum atomic E-state index is 6.18. The van der Waals surface area contributed by atoms with Gasteiger partial charge in [-0.3, -0.25) is 11.7 Å². The van der Waals surface area contributed by atoms with Crippen molar-refractivity contribution in [1.29, 1.82) is 0 Å². The highest BCUT2D eigenvalue weighted by atomic mass is 15.6. The molecule has 0 saturated heterocycles. The maximum Gasteiger partial charge on any atom is 0.125 e. The summed E-state index contributed by atoms with van der Waals surface area (Å²) in [5.74, 6) is 12.4. The number of rotatable bonds is 4. The molecule has 0 aliphatic rings. The van der Waals surface area contributed by atoms with Crippen molar-refractivity contribution in [1.82, 2.24) is 5.12 Å². The van der Waals surface area contributed by atoms with E-state index in [1.165, 1.54) is 5.12 Å². The summed E-state index contributed by atoms with van der Waals surface area (Å²) >= 11 is 0. The highest BCUT2D eigenvalue weighted by molar-refractivity contribution is 5.49. The summed E-state index contributed by atoms with van der Waals surface area (Å²) in [5.41, 5.74) is 2.34. The Bertz CT molecular complexity index is 613. The summed E-state index contributed by atoms with van der Waals surface area (Å²) in [7, 11) is 0. The molecule has 3 aromatic carbocycles. The number of benzene rings is 3. The van der Waals surface area contributed by atoms with Crippen LogP contribution in [0.15, 0.2) is 91.0 Å². The molecule has 0 spiro atoms. The Hall–Kier alpha value is -2.46.